The second-order valence-corrected chi connectivity index (χ2v) is 6.00. The van der Waals surface area contributed by atoms with Crippen molar-refractivity contribution < 1.29 is 18.8 Å². The van der Waals surface area contributed by atoms with Crippen LogP contribution in [0.25, 0.3) is 0 Å². The number of carbonyl (C=O) groups is 1. The van der Waals surface area contributed by atoms with Crippen LogP contribution in [0.1, 0.15) is 42.0 Å². The van der Waals surface area contributed by atoms with Crippen LogP contribution in [0.3, 0.4) is 0 Å². The smallest absolute Gasteiger partial charge is 0.220 e. The van der Waals surface area contributed by atoms with E-state index in [1.165, 1.54) is 0 Å². The topological polar surface area (TPSA) is 73.6 Å². The van der Waals surface area contributed by atoms with Crippen LogP contribution in [-0.2, 0) is 11.2 Å². The van der Waals surface area contributed by atoms with E-state index >= 15 is 0 Å². The summed E-state index contributed by atoms with van der Waals surface area (Å²) in [4.78, 5) is 12.2. The molecule has 0 saturated carbocycles. The van der Waals surface area contributed by atoms with E-state index in [-0.39, 0.29) is 11.9 Å². The van der Waals surface area contributed by atoms with Crippen LogP contribution in [0, 0.1) is 13.8 Å². The summed E-state index contributed by atoms with van der Waals surface area (Å²) in [6.07, 6.45) is 1.03. The Balaban J connectivity index is 1.58. The van der Waals surface area contributed by atoms with Crippen LogP contribution in [-0.4, -0.2) is 24.3 Å². The van der Waals surface area contributed by atoms with Crippen molar-refractivity contribution in [1.82, 2.24) is 10.5 Å². The normalized spacial score (nSPS) is 14.3. The van der Waals surface area contributed by atoms with Gasteiger partial charge in [0.15, 0.2) is 11.5 Å². The van der Waals surface area contributed by atoms with E-state index in [1.807, 2.05) is 39.0 Å². The molecule has 24 heavy (non-hydrogen) atoms. The number of hydrogen-bond acceptors (Lipinski definition) is 5. The molecular formula is C18H22N2O4. The highest BCUT2D eigenvalue weighted by Gasteiger charge is 2.16. The summed E-state index contributed by atoms with van der Waals surface area (Å²) in [6.45, 7) is 6.83. The van der Waals surface area contributed by atoms with Crippen molar-refractivity contribution in [3.63, 3.8) is 0 Å². The van der Waals surface area contributed by atoms with Gasteiger partial charge in [0.1, 0.15) is 19.0 Å². The largest absolute Gasteiger partial charge is 0.486 e. The Bertz CT molecular complexity index is 719. The Labute approximate surface area is 141 Å². The van der Waals surface area contributed by atoms with Crippen LogP contribution in [0.4, 0.5) is 0 Å². The van der Waals surface area contributed by atoms with Crippen molar-refractivity contribution in [3.8, 4) is 11.5 Å². The van der Waals surface area contributed by atoms with Gasteiger partial charge in [-0.3, -0.25) is 4.79 Å². The zero-order chi connectivity index (χ0) is 17.1. The molecule has 1 aliphatic heterocycles. The number of carbonyl (C=O) groups excluding carboxylic acids is 1. The van der Waals surface area contributed by atoms with Crippen LogP contribution >= 0.6 is 0 Å². The highest BCUT2D eigenvalue weighted by atomic mass is 16.6. The molecule has 1 aromatic carbocycles. The summed E-state index contributed by atoms with van der Waals surface area (Å²) in [5.41, 5.74) is 2.85. The molecule has 3 rings (SSSR count). The fourth-order valence-electron chi connectivity index (χ4n) is 2.82. The number of nitrogens with one attached hydrogen (secondary N) is 1. The first-order valence-corrected chi connectivity index (χ1v) is 8.15. The second-order valence-electron chi connectivity index (χ2n) is 6.00. The van der Waals surface area contributed by atoms with Crippen molar-refractivity contribution in [2.75, 3.05) is 13.2 Å². The van der Waals surface area contributed by atoms with Crippen LogP contribution in [0.5, 0.6) is 11.5 Å². The lowest BCUT2D eigenvalue weighted by atomic mass is 10.1. The first-order valence-electron chi connectivity index (χ1n) is 8.15. The van der Waals surface area contributed by atoms with E-state index in [0.29, 0.717) is 26.1 Å². The van der Waals surface area contributed by atoms with Crippen molar-refractivity contribution in [3.05, 3.63) is 40.8 Å². The quantitative estimate of drug-likeness (QED) is 0.912. The number of benzene rings is 1. The molecule has 1 aromatic heterocycles. The van der Waals surface area contributed by atoms with E-state index in [4.69, 9.17) is 14.0 Å². The lowest BCUT2D eigenvalue weighted by Gasteiger charge is -2.21. The number of nitrogens with zero attached hydrogens (tertiary/aromatic N) is 1. The number of hydrogen-bond donors (Lipinski definition) is 1. The minimum atomic E-state index is -0.0991. The molecule has 1 aliphatic rings. The van der Waals surface area contributed by atoms with Gasteiger partial charge in [-0.15, -0.1) is 0 Å². The Morgan fingerprint density at radius 2 is 2.00 bits per heavy atom. The van der Waals surface area contributed by atoms with Crippen LogP contribution in [0.15, 0.2) is 22.7 Å². The number of ether oxygens (including phenoxy) is 2. The number of amides is 1. The third kappa shape index (κ3) is 3.53. The maximum absolute atomic E-state index is 12.2. The minimum absolute atomic E-state index is 0.00242. The molecular weight excluding hydrogens is 308 g/mol. The molecule has 0 fully saturated rings. The van der Waals surface area contributed by atoms with Crippen molar-refractivity contribution in [1.29, 1.82) is 0 Å². The highest BCUT2D eigenvalue weighted by Crippen LogP contribution is 2.32. The van der Waals surface area contributed by atoms with E-state index in [0.717, 1.165) is 34.1 Å². The summed E-state index contributed by atoms with van der Waals surface area (Å²) < 4.78 is 16.2. The van der Waals surface area contributed by atoms with Gasteiger partial charge >= 0.3 is 0 Å². The summed E-state index contributed by atoms with van der Waals surface area (Å²) in [5.74, 6) is 2.26. The molecule has 128 valence electrons. The van der Waals surface area contributed by atoms with Gasteiger partial charge in [0.2, 0.25) is 5.91 Å². The molecule has 1 amide bonds. The molecule has 1 N–H and O–H groups in total. The van der Waals surface area contributed by atoms with E-state index in [2.05, 4.69) is 10.5 Å². The maximum Gasteiger partial charge on any atom is 0.220 e. The van der Waals surface area contributed by atoms with E-state index in [1.54, 1.807) is 0 Å². The zero-order valence-electron chi connectivity index (χ0n) is 14.2. The SMILES string of the molecule is Cc1noc(C)c1CCC(=O)N[C@H](C)c1ccc2c(c1)OCCO2. The predicted molar refractivity (Wildman–Crippen MR) is 88.3 cm³/mol. The number of fused-ring (bicyclic) bond motifs is 1. The average Bonchev–Trinajstić information content (AvgIpc) is 2.90. The van der Waals surface area contributed by atoms with E-state index in [9.17, 15) is 4.79 Å². The first kappa shape index (κ1) is 16.4. The Morgan fingerprint density at radius 1 is 1.25 bits per heavy atom. The van der Waals surface area contributed by atoms with Gasteiger partial charge in [-0.1, -0.05) is 11.2 Å². The van der Waals surface area contributed by atoms with Gasteiger partial charge in [-0.2, -0.15) is 0 Å². The Kier molecular flexibility index (Phi) is 4.74. The molecule has 0 radical (unpaired) electrons. The standard InChI is InChI=1S/C18H22N2O4/c1-11(14-4-6-16-17(10-14)23-9-8-22-16)19-18(21)7-5-15-12(2)20-24-13(15)3/h4,6,10-11H,5,7-9H2,1-3H3,(H,19,21)/t11-/m1/s1. The fraction of sp³-hybridized carbons (Fsp3) is 0.444. The molecule has 0 unspecified atom stereocenters. The first-order chi connectivity index (χ1) is 11.5. The molecule has 0 spiro atoms. The number of rotatable bonds is 5. The Hall–Kier alpha value is -2.50. The molecule has 6 nitrogen and oxygen atoms in total. The highest BCUT2D eigenvalue weighted by molar-refractivity contribution is 5.76. The van der Waals surface area contributed by atoms with Crippen molar-refractivity contribution in [2.45, 2.75) is 39.7 Å². The average molecular weight is 330 g/mol. The third-order valence-corrected chi connectivity index (χ3v) is 4.23. The van der Waals surface area contributed by atoms with Crippen LogP contribution in [0.2, 0.25) is 0 Å². The molecule has 0 bridgehead atoms. The summed E-state index contributed by atoms with van der Waals surface area (Å²) in [7, 11) is 0. The number of aromatic nitrogens is 1. The van der Waals surface area contributed by atoms with Crippen molar-refractivity contribution in [2.24, 2.45) is 0 Å². The zero-order valence-corrected chi connectivity index (χ0v) is 14.2. The lowest BCUT2D eigenvalue weighted by molar-refractivity contribution is -0.121. The third-order valence-electron chi connectivity index (χ3n) is 4.23. The molecule has 2 aromatic rings. The van der Waals surface area contributed by atoms with Gasteiger partial charge in [-0.05, 0) is 44.9 Å². The predicted octanol–water partition coefficient (Wildman–Crippen LogP) is 2.87. The van der Waals surface area contributed by atoms with Crippen molar-refractivity contribution >= 4 is 5.91 Å². The van der Waals surface area contributed by atoms with Gasteiger partial charge in [0.05, 0.1) is 11.7 Å². The van der Waals surface area contributed by atoms with Gasteiger partial charge in [-0.25, -0.2) is 0 Å². The molecule has 6 heteroatoms. The van der Waals surface area contributed by atoms with Crippen LogP contribution < -0.4 is 14.8 Å². The fourth-order valence-corrected chi connectivity index (χ4v) is 2.82. The lowest BCUT2D eigenvalue weighted by Crippen LogP contribution is -2.27. The van der Waals surface area contributed by atoms with Gasteiger partial charge < -0.3 is 19.3 Å². The second kappa shape index (κ2) is 6.95. The molecule has 2 heterocycles. The summed E-state index contributed by atoms with van der Waals surface area (Å²) >= 11 is 0. The monoisotopic (exact) mass is 330 g/mol. The summed E-state index contributed by atoms with van der Waals surface area (Å²) in [5, 5.41) is 6.93. The Morgan fingerprint density at radius 3 is 2.71 bits per heavy atom. The van der Waals surface area contributed by atoms with E-state index < -0.39 is 0 Å². The minimum Gasteiger partial charge on any atom is -0.486 e. The van der Waals surface area contributed by atoms with Gasteiger partial charge in [0, 0.05) is 12.0 Å². The molecule has 0 aliphatic carbocycles. The maximum atomic E-state index is 12.2. The summed E-state index contributed by atoms with van der Waals surface area (Å²) in [6, 6.07) is 5.66. The van der Waals surface area contributed by atoms with Gasteiger partial charge in [0.25, 0.3) is 0 Å². The molecule has 0 saturated heterocycles. The number of aryl methyl sites for hydroxylation is 2. The molecule has 1 atom stereocenters.